The third-order valence-electron chi connectivity index (χ3n) is 2.75. The molecular weight excluding hydrogens is 288 g/mol. The third-order valence-corrected chi connectivity index (χ3v) is 3.33. The molecular formula is C13H12Cl2FN3. The zero-order chi connectivity index (χ0) is 13.8. The molecule has 0 aliphatic carbocycles. The maximum absolute atomic E-state index is 12.8. The topological polar surface area (TPSA) is 50.9 Å². The Morgan fingerprint density at radius 3 is 2.63 bits per heavy atom. The van der Waals surface area contributed by atoms with Crippen molar-refractivity contribution in [3.05, 3.63) is 63.6 Å². The highest BCUT2D eigenvalue weighted by molar-refractivity contribution is 6.35. The molecule has 0 amide bonds. The van der Waals surface area contributed by atoms with E-state index in [1.807, 2.05) is 6.07 Å². The number of benzene rings is 1. The number of rotatable bonds is 4. The molecule has 0 spiro atoms. The van der Waals surface area contributed by atoms with Crippen molar-refractivity contribution in [1.29, 1.82) is 0 Å². The Morgan fingerprint density at radius 1 is 1.26 bits per heavy atom. The van der Waals surface area contributed by atoms with Crippen molar-refractivity contribution >= 4 is 23.2 Å². The summed E-state index contributed by atoms with van der Waals surface area (Å²) in [7, 11) is 0. The fourth-order valence-electron chi connectivity index (χ4n) is 1.75. The van der Waals surface area contributed by atoms with E-state index in [0.29, 0.717) is 22.2 Å². The van der Waals surface area contributed by atoms with Gasteiger partial charge in [-0.2, -0.15) is 0 Å². The van der Waals surface area contributed by atoms with Crippen molar-refractivity contribution in [2.75, 3.05) is 0 Å². The molecule has 3 N–H and O–H groups in total. The van der Waals surface area contributed by atoms with Crippen LogP contribution in [0.4, 0.5) is 4.39 Å². The van der Waals surface area contributed by atoms with Crippen LogP contribution in [0.2, 0.25) is 10.0 Å². The minimum Gasteiger partial charge on any atom is -0.271 e. The molecule has 0 fully saturated rings. The van der Waals surface area contributed by atoms with E-state index in [2.05, 4.69) is 10.4 Å². The fraction of sp³-hybridized carbons (Fsp3) is 0.154. The van der Waals surface area contributed by atoms with E-state index >= 15 is 0 Å². The summed E-state index contributed by atoms with van der Waals surface area (Å²) in [6, 6.07) is 7.94. The van der Waals surface area contributed by atoms with Crippen molar-refractivity contribution in [2.24, 2.45) is 5.84 Å². The summed E-state index contributed by atoms with van der Waals surface area (Å²) >= 11 is 12.0. The van der Waals surface area contributed by atoms with Gasteiger partial charge in [-0.3, -0.25) is 16.3 Å². The molecule has 2 aromatic rings. The highest BCUT2D eigenvalue weighted by Crippen LogP contribution is 2.25. The van der Waals surface area contributed by atoms with Gasteiger partial charge < -0.3 is 0 Å². The Hall–Kier alpha value is -1.20. The molecule has 0 bridgehead atoms. The number of aromatic nitrogens is 1. The molecule has 6 heteroatoms. The van der Waals surface area contributed by atoms with Crippen LogP contribution in [-0.2, 0) is 6.42 Å². The van der Waals surface area contributed by atoms with Gasteiger partial charge in [0.25, 0.3) is 0 Å². The summed E-state index contributed by atoms with van der Waals surface area (Å²) in [5.74, 6) is 5.13. The molecule has 1 unspecified atom stereocenters. The Labute approximate surface area is 120 Å². The van der Waals surface area contributed by atoms with Crippen LogP contribution in [0.25, 0.3) is 0 Å². The summed E-state index contributed by atoms with van der Waals surface area (Å²) < 4.78 is 12.8. The molecule has 2 rings (SSSR count). The molecule has 0 saturated heterocycles. The Morgan fingerprint density at radius 2 is 2.05 bits per heavy atom. The van der Waals surface area contributed by atoms with Crippen LogP contribution in [0.3, 0.4) is 0 Å². The number of nitrogens with zero attached hydrogens (tertiary/aromatic N) is 1. The Kier molecular flexibility index (Phi) is 4.71. The first-order valence-corrected chi connectivity index (χ1v) is 6.37. The molecule has 0 saturated carbocycles. The predicted molar refractivity (Wildman–Crippen MR) is 74.4 cm³/mol. The van der Waals surface area contributed by atoms with Crippen molar-refractivity contribution in [3.8, 4) is 0 Å². The first kappa shape index (κ1) is 14.2. The first-order chi connectivity index (χ1) is 9.10. The second kappa shape index (κ2) is 6.30. The Balaban J connectivity index is 2.21. The highest BCUT2D eigenvalue weighted by Gasteiger charge is 2.14. The number of hydrogen-bond acceptors (Lipinski definition) is 3. The van der Waals surface area contributed by atoms with Gasteiger partial charge in [-0.05, 0) is 36.2 Å². The number of nitrogens with one attached hydrogen (secondary N) is 1. The number of halogens is 3. The number of nitrogens with two attached hydrogens (primary N) is 1. The lowest BCUT2D eigenvalue weighted by Gasteiger charge is -2.16. The van der Waals surface area contributed by atoms with Gasteiger partial charge in [0.1, 0.15) is 5.82 Å². The van der Waals surface area contributed by atoms with E-state index < -0.39 is 0 Å². The predicted octanol–water partition coefficient (Wildman–Crippen LogP) is 3.27. The smallest absolute Gasteiger partial charge is 0.141 e. The van der Waals surface area contributed by atoms with Crippen molar-refractivity contribution < 1.29 is 4.39 Å². The van der Waals surface area contributed by atoms with Gasteiger partial charge >= 0.3 is 0 Å². The van der Waals surface area contributed by atoms with Crippen molar-refractivity contribution in [1.82, 2.24) is 10.4 Å². The van der Waals surface area contributed by atoms with Gasteiger partial charge in [-0.1, -0.05) is 29.3 Å². The lowest BCUT2D eigenvalue weighted by molar-refractivity contribution is 0.533. The zero-order valence-corrected chi connectivity index (χ0v) is 11.4. The van der Waals surface area contributed by atoms with E-state index in [0.717, 1.165) is 11.8 Å². The van der Waals surface area contributed by atoms with Crippen molar-refractivity contribution in [3.63, 3.8) is 0 Å². The number of pyridine rings is 1. The van der Waals surface area contributed by atoms with Gasteiger partial charge in [0, 0.05) is 10.0 Å². The fourth-order valence-corrected chi connectivity index (χ4v) is 2.24. The molecule has 1 heterocycles. The largest absolute Gasteiger partial charge is 0.271 e. The lowest BCUT2D eigenvalue weighted by Crippen LogP contribution is -2.30. The summed E-state index contributed by atoms with van der Waals surface area (Å²) in [4.78, 5) is 4.01. The van der Waals surface area contributed by atoms with Gasteiger partial charge in [-0.25, -0.2) is 4.39 Å². The van der Waals surface area contributed by atoms with Gasteiger partial charge in [0.05, 0.1) is 17.9 Å². The van der Waals surface area contributed by atoms with E-state index in [4.69, 9.17) is 29.0 Å². The Bertz CT molecular complexity index is 560. The molecule has 0 aliphatic rings. The van der Waals surface area contributed by atoms with Gasteiger partial charge in [0.2, 0.25) is 0 Å². The van der Waals surface area contributed by atoms with E-state index in [1.165, 1.54) is 6.07 Å². The highest BCUT2D eigenvalue weighted by atomic mass is 35.5. The monoisotopic (exact) mass is 299 g/mol. The standard InChI is InChI=1S/C13H12Cl2FN3/c14-9-2-1-8(11(15)6-9)5-13(19-17)12-4-3-10(16)7-18-12/h1-4,6-7,13,19H,5,17H2. The minimum atomic E-state index is -0.385. The van der Waals surface area contributed by atoms with E-state index in [1.54, 1.807) is 18.2 Å². The molecule has 0 aliphatic heterocycles. The molecule has 1 aromatic heterocycles. The SMILES string of the molecule is NNC(Cc1ccc(Cl)cc1Cl)c1ccc(F)cn1. The molecule has 1 atom stereocenters. The van der Waals surface area contributed by atoms with Crippen molar-refractivity contribution in [2.45, 2.75) is 12.5 Å². The summed E-state index contributed by atoms with van der Waals surface area (Å²) in [5, 5.41) is 1.14. The maximum Gasteiger partial charge on any atom is 0.141 e. The molecule has 3 nitrogen and oxygen atoms in total. The number of hydrazine groups is 1. The molecule has 1 aromatic carbocycles. The van der Waals surface area contributed by atoms with E-state index in [-0.39, 0.29) is 11.9 Å². The second-order valence-electron chi connectivity index (χ2n) is 4.06. The lowest BCUT2D eigenvalue weighted by atomic mass is 10.0. The zero-order valence-electron chi connectivity index (χ0n) is 9.91. The number of hydrogen-bond donors (Lipinski definition) is 2. The van der Waals surface area contributed by atoms with E-state index in [9.17, 15) is 4.39 Å². The maximum atomic E-state index is 12.8. The van der Waals surface area contributed by atoms with Crippen LogP contribution >= 0.6 is 23.2 Å². The summed E-state index contributed by atoms with van der Waals surface area (Å²) in [5.41, 5.74) is 4.19. The van der Waals surface area contributed by atoms with Gasteiger partial charge in [-0.15, -0.1) is 0 Å². The second-order valence-corrected chi connectivity index (χ2v) is 4.90. The molecule has 100 valence electrons. The summed E-state index contributed by atoms with van der Waals surface area (Å²) in [6.07, 6.45) is 1.69. The minimum absolute atomic E-state index is 0.251. The quantitative estimate of drug-likeness (QED) is 0.673. The third kappa shape index (κ3) is 3.64. The van der Waals surface area contributed by atoms with Crippen LogP contribution in [0, 0.1) is 5.82 Å². The van der Waals surface area contributed by atoms with Gasteiger partial charge in [0.15, 0.2) is 0 Å². The van der Waals surface area contributed by atoms with Crippen LogP contribution < -0.4 is 11.3 Å². The summed E-state index contributed by atoms with van der Waals surface area (Å²) in [6.45, 7) is 0. The first-order valence-electron chi connectivity index (χ1n) is 5.61. The van der Waals surface area contributed by atoms with Crippen LogP contribution in [-0.4, -0.2) is 4.98 Å². The average Bonchev–Trinajstić information content (AvgIpc) is 2.39. The normalized spacial score (nSPS) is 12.4. The molecule has 0 radical (unpaired) electrons. The van der Waals surface area contributed by atoms with Crippen LogP contribution in [0.15, 0.2) is 36.5 Å². The molecule has 19 heavy (non-hydrogen) atoms. The average molecular weight is 300 g/mol. The van der Waals surface area contributed by atoms with Crippen LogP contribution in [0.5, 0.6) is 0 Å². The van der Waals surface area contributed by atoms with Crippen LogP contribution in [0.1, 0.15) is 17.3 Å².